The molecule has 0 unspecified atom stereocenters. The van der Waals surface area contributed by atoms with Crippen LogP contribution in [0, 0.1) is 5.82 Å². The van der Waals surface area contributed by atoms with Crippen molar-refractivity contribution < 1.29 is 9.18 Å². The van der Waals surface area contributed by atoms with Gasteiger partial charge in [0.25, 0.3) is 0 Å². The van der Waals surface area contributed by atoms with Crippen molar-refractivity contribution in [3.8, 4) is 11.1 Å². The minimum Gasteiger partial charge on any atom is -0.330 e. The Kier molecular flexibility index (Phi) is 7.49. The molecular formula is C22H23FN2O. The molecule has 2 rings (SSSR count). The number of nitrogens with zero attached hydrogens (tertiary/aromatic N) is 1. The van der Waals surface area contributed by atoms with Crippen molar-refractivity contribution >= 4 is 12.6 Å². The van der Waals surface area contributed by atoms with E-state index in [0.717, 1.165) is 29.7 Å². The zero-order valence-electron chi connectivity index (χ0n) is 14.9. The van der Waals surface area contributed by atoms with Crippen molar-refractivity contribution in [3.63, 3.8) is 0 Å². The van der Waals surface area contributed by atoms with Crippen molar-refractivity contribution in [1.29, 1.82) is 0 Å². The summed E-state index contributed by atoms with van der Waals surface area (Å²) in [7, 11) is 0. The van der Waals surface area contributed by atoms with Crippen LogP contribution in [0.15, 0.2) is 77.6 Å². The predicted octanol–water partition coefficient (Wildman–Crippen LogP) is 5.05. The Labute approximate surface area is 154 Å². The number of benzene rings is 2. The van der Waals surface area contributed by atoms with Gasteiger partial charge in [-0.3, -0.25) is 9.79 Å². The number of aliphatic imine (C=N–C) groups is 1. The summed E-state index contributed by atoms with van der Waals surface area (Å²) in [6.07, 6.45) is 7.05. The summed E-state index contributed by atoms with van der Waals surface area (Å²) in [4.78, 5) is 15.5. The highest BCUT2D eigenvalue weighted by Crippen LogP contribution is 2.23. The van der Waals surface area contributed by atoms with E-state index in [9.17, 15) is 9.18 Å². The van der Waals surface area contributed by atoms with Gasteiger partial charge in [0.2, 0.25) is 5.91 Å². The van der Waals surface area contributed by atoms with E-state index < -0.39 is 0 Å². The number of halogens is 1. The Bertz CT molecular complexity index is 807. The molecule has 1 N–H and O–H groups in total. The molecule has 134 valence electrons. The molecule has 3 nitrogen and oxygen atoms in total. The molecule has 1 amide bonds. The van der Waals surface area contributed by atoms with Gasteiger partial charge in [-0.05, 0) is 55.8 Å². The van der Waals surface area contributed by atoms with Crippen molar-refractivity contribution in [2.75, 3.05) is 0 Å². The second-order valence-electron chi connectivity index (χ2n) is 5.95. The van der Waals surface area contributed by atoms with Crippen LogP contribution in [0.2, 0.25) is 0 Å². The molecule has 0 atom stereocenters. The fourth-order valence-corrected chi connectivity index (χ4v) is 2.57. The van der Waals surface area contributed by atoms with Gasteiger partial charge in [-0.2, -0.15) is 0 Å². The van der Waals surface area contributed by atoms with Crippen LogP contribution in [-0.4, -0.2) is 12.6 Å². The first kappa shape index (κ1) is 19.3. The second kappa shape index (κ2) is 10.1. The van der Waals surface area contributed by atoms with Gasteiger partial charge in [0.15, 0.2) is 0 Å². The van der Waals surface area contributed by atoms with Gasteiger partial charge < -0.3 is 5.32 Å². The van der Waals surface area contributed by atoms with E-state index in [0.29, 0.717) is 12.0 Å². The van der Waals surface area contributed by atoms with Crippen molar-refractivity contribution in [1.82, 2.24) is 5.32 Å². The van der Waals surface area contributed by atoms with Gasteiger partial charge in [-0.25, -0.2) is 4.39 Å². The third-order valence-electron chi connectivity index (χ3n) is 3.88. The monoisotopic (exact) mass is 350 g/mol. The third kappa shape index (κ3) is 6.13. The first-order valence-electron chi connectivity index (χ1n) is 8.53. The van der Waals surface area contributed by atoms with Gasteiger partial charge >= 0.3 is 0 Å². The summed E-state index contributed by atoms with van der Waals surface area (Å²) in [5, 5.41) is 2.83. The molecule has 0 aliphatic rings. The average Bonchev–Trinajstić information content (AvgIpc) is 2.63. The van der Waals surface area contributed by atoms with E-state index in [2.05, 4.69) is 17.0 Å². The van der Waals surface area contributed by atoms with Crippen LogP contribution >= 0.6 is 0 Å². The van der Waals surface area contributed by atoms with Crippen LogP contribution in [0.3, 0.4) is 0 Å². The highest BCUT2D eigenvalue weighted by atomic mass is 19.1. The minimum atomic E-state index is -0.223. The van der Waals surface area contributed by atoms with Gasteiger partial charge in [-0.15, -0.1) is 0 Å². The zero-order valence-corrected chi connectivity index (χ0v) is 14.9. The molecule has 4 heteroatoms. The quantitative estimate of drug-likeness (QED) is 0.525. The largest absolute Gasteiger partial charge is 0.330 e. The van der Waals surface area contributed by atoms with Crippen LogP contribution in [-0.2, 0) is 11.2 Å². The van der Waals surface area contributed by atoms with Crippen LogP contribution in [0.1, 0.15) is 25.3 Å². The van der Waals surface area contributed by atoms with Crippen LogP contribution < -0.4 is 5.32 Å². The van der Waals surface area contributed by atoms with E-state index in [1.54, 1.807) is 30.5 Å². The Morgan fingerprint density at radius 1 is 1.19 bits per heavy atom. The number of aryl methyl sites for hydroxylation is 1. The minimum absolute atomic E-state index is 0.0123. The van der Waals surface area contributed by atoms with Gasteiger partial charge in [-0.1, -0.05) is 42.5 Å². The van der Waals surface area contributed by atoms with E-state index in [1.165, 1.54) is 6.07 Å². The fraction of sp³-hybridized carbons (Fsp3) is 0.182. The maximum Gasteiger partial charge on any atom is 0.224 e. The Morgan fingerprint density at radius 3 is 2.62 bits per heavy atom. The molecule has 0 heterocycles. The first-order chi connectivity index (χ1) is 12.6. The molecule has 0 radical (unpaired) electrons. The van der Waals surface area contributed by atoms with E-state index in [4.69, 9.17) is 0 Å². The Balaban J connectivity index is 1.82. The summed E-state index contributed by atoms with van der Waals surface area (Å²) in [6.45, 7) is 5.17. The van der Waals surface area contributed by atoms with Crippen molar-refractivity contribution in [2.24, 2.45) is 4.99 Å². The smallest absolute Gasteiger partial charge is 0.224 e. The molecule has 2 aromatic rings. The second-order valence-corrected chi connectivity index (χ2v) is 5.95. The lowest BCUT2D eigenvalue weighted by atomic mass is 10.0. The van der Waals surface area contributed by atoms with Gasteiger partial charge in [0.1, 0.15) is 5.82 Å². The number of rotatable bonds is 8. The molecule has 0 bridgehead atoms. The lowest BCUT2D eigenvalue weighted by molar-refractivity contribution is -0.120. The number of hydrogen-bond acceptors (Lipinski definition) is 2. The van der Waals surface area contributed by atoms with Crippen LogP contribution in [0.5, 0.6) is 0 Å². The lowest BCUT2D eigenvalue weighted by Crippen LogP contribution is -2.20. The summed E-state index contributed by atoms with van der Waals surface area (Å²) in [5.74, 6) is -0.235. The van der Waals surface area contributed by atoms with E-state index in [-0.39, 0.29) is 11.7 Å². The first-order valence-corrected chi connectivity index (χ1v) is 8.53. The lowest BCUT2D eigenvalue weighted by Gasteiger charge is -2.07. The Morgan fingerprint density at radius 2 is 1.92 bits per heavy atom. The number of carbonyl (C=O) groups excluding carboxylic acids is 1. The highest BCUT2D eigenvalue weighted by molar-refractivity contribution is 5.77. The number of allylic oxidation sites excluding steroid dienone is 3. The molecular weight excluding hydrogens is 327 g/mol. The number of amides is 1. The fourth-order valence-electron chi connectivity index (χ4n) is 2.57. The summed E-state index contributed by atoms with van der Waals surface area (Å²) < 4.78 is 13.8. The SMILES string of the molecule is C=N/C=C\C=C(/C)NC(=O)CCCc1ccc(-c2ccccc2F)cc1. The zero-order chi connectivity index (χ0) is 18.8. The molecule has 0 aliphatic heterocycles. The topological polar surface area (TPSA) is 41.5 Å². The summed E-state index contributed by atoms with van der Waals surface area (Å²) in [5.41, 5.74) is 3.35. The van der Waals surface area contributed by atoms with E-state index >= 15 is 0 Å². The van der Waals surface area contributed by atoms with Crippen molar-refractivity contribution in [3.05, 3.63) is 84.0 Å². The van der Waals surface area contributed by atoms with E-state index in [1.807, 2.05) is 37.3 Å². The number of carbonyl (C=O) groups is 1. The average molecular weight is 350 g/mol. The summed E-state index contributed by atoms with van der Waals surface area (Å²) in [6, 6.07) is 14.5. The van der Waals surface area contributed by atoms with Crippen LogP contribution in [0.25, 0.3) is 11.1 Å². The van der Waals surface area contributed by atoms with Gasteiger partial charge in [0, 0.05) is 23.9 Å². The maximum atomic E-state index is 13.8. The molecule has 0 saturated heterocycles. The number of hydrogen-bond donors (Lipinski definition) is 1. The van der Waals surface area contributed by atoms with Crippen LogP contribution in [0.4, 0.5) is 4.39 Å². The van der Waals surface area contributed by atoms with Crippen molar-refractivity contribution in [2.45, 2.75) is 26.2 Å². The van der Waals surface area contributed by atoms with Gasteiger partial charge in [0.05, 0.1) is 0 Å². The normalized spacial score (nSPS) is 11.5. The molecule has 0 saturated carbocycles. The molecule has 2 aromatic carbocycles. The maximum absolute atomic E-state index is 13.8. The molecule has 0 spiro atoms. The molecule has 0 fully saturated rings. The standard InChI is InChI=1S/C22H23FN2O/c1-17(7-6-16-24-2)25-22(26)11-5-8-18-12-14-19(15-13-18)20-9-3-4-10-21(20)23/h3-4,6-7,9-10,12-16H,2,5,8,11H2,1H3,(H,25,26)/b16-6-,17-7+. The highest BCUT2D eigenvalue weighted by Gasteiger charge is 2.05. The molecule has 0 aromatic heterocycles. The molecule has 0 aliphatic carbocycles. The third-order valence-corrected chi connectivity index (χ3v) is 3.88. The Hall–Kier alpha value is -3.01. The predicted molar refractivity (Wildman–Crippen MR) is 105 cm³/mol. The summed E-state index contributed by atoms with van der Waals surface area (Å²) >= 11 is 0. The number of nitrogens with one attached hydrogen (secondary N) is 1. The molecule has 26 heavy (non-hydrogen) atoms.